The van der Waals surface area contributed by atoms with E-state index in [1.807, 2.05) is 30.8 Å². The van der Waals surface area contributed by atoms with Crippen LogP contribution < -0.4 is 4.74 Å². The van der Waals surface area contributed by atoms with Crippen LogP contribution in [0.5, 0.6) is 5.75 Å². The van der Waals surface area contributed by atoms with Crippen LogP contribution in [0, 0.1) is 0 Å². The molecule has 0 saturated heterocycles. The Kier molecular flexibility index (Phi) is 5.15. The van der Waals surface area contributed by atoms with E-state index in [4.69, 9.17) is 4.74 Å². The van der Waals surface area contributed by atoms with E-state index in [2.05, 4.69) is 40.5 Å². The first-order valence-corrected chi connectivity index (χ1v) is 10.1. The maximum atomic E-state index is 12.2. The summed E-state index contributed by atoms with van der Waals surface area (Å²) in [5.41, 5.74) is 8.15. The Bertz CT molecular complexity index is 1000. The highest BCUT2D eigenvalue weighted by molar-refractivity contribution is 7.07. The zero-order valence-electron chi connectivity index (χ0n) is 16.3. The summed E-state index contributed by atoms with van der Waals surface area (Å²) in [7, 11) is 5.62. The second-order valence-corrected chi connectivity index (χ2v) is 7.94. The molecule has 0 radical (unpaired) electrons. The fourth-order valence-corrected chi connectivity index (χ4v) is 4.22. The summed E-state index contributed by atoms with van der Waals surface area (Å²) < 4.78 is 5.61. The smallest absolute Gasteiger partial charge is 0.254 e. The number of carbonyl (C=O) groups excluding carboxylic acids is 1. The van der Waals surface area contributed by atoms with Crippen LogP contribution in [0.25, 0.3) is 11.1 Å². The van der Waals surface area contributed by atoms with Crippen molar-refractivity contribution >= 4 is 17.2 Å². The van der Waals surface area contributed by atoms with Gasteiger partial charge in [-0.15, -0.1) is 11.3 Å². The van der Waals surface area contributed by atoms with Gasteiger partial charge in [0, 0.05) is 43.2 Å². The summed E-state index contributed by atoms with van der Waals surface area (Å²) >= 11 is 1.62. The largest absolute Gasteiger partial charge is 0.496 e. The molecule has 0 atom stereocenters. The van der Waals surface area contributed by atoms with E-state index in [-0.39, 0.29) is 5.91 Å². The Morgan fingerprint density at radius 2 is 2.04 bits per heavy atom. The number of hydrogen-bond donors (Lipinski definition) is 0. The van der Waals surface area contributed by atoms with Crippen molar-refractivity contribution in [1.82, 2.24) is 14.8 Å². The van der Waals surface area contributed by atoms with Crippen LogP contribution in [-0.2, 0) is 19.6 Å². The van der Waals surface area contributed by atoms with Crippen molar-refractivity contribution in [2.45, 2.75) is 19.6 Å². The summed E-state index contributed by atoms with van der Waals surface area (Å²) in [6.45, 7) is 2.29. The molecule has 1 aliphatic rings. The lowest BCUT2D eigenvalue weighted by Crippen LogP contribution is -2.17. The molecule has 0 saturated carbocycles. The maximum absolute atomic E-state index is 12.2. The molecule has 2 heterocycles. The molecule has 0 bridgehead atoms. The lowest BCUT2D eigenvalue weighted by molar-refractivity contribution is 0.0816. The summed E-state index contributed by atoms with van der Waals surface area (Å²) in [5.74, 6) is 0.925. The van der Waals surface area contributed by atoms with Gasteiger partial charge in [-0.3, -0.25) is 9.69 Å². The number of ether oxygens (including phenoxy) is 1. The number of carbonyl (C=O) groups is 1. The number of aromatic nitrogens is 1. The molecule has 1 amide bonds. The Balaban J connectivity index is 1.61. The highest BCUT2D eigenvalue weighted by Crippen LogP contribution is 2.34. The zero-order valence-corrected chi connectivity index (χ0v) is 17.1. The van der Waals surface area contributed by atoms with Gasteiger partial charge in [-0.25, -0.2) is 4.98 Å². The molecule has 1 aliphatic heterocycles. The van der Waals surface area contributed by atoms with Crippen molar-refractivity contribution in [1.29, 1.82) is 0 Å². The fourth-order valence-electron chi connectivity index (χ4n) is 3.67. The maximum Gasteiger partial charge on any atom is 0.254 e. The first kappa shape index (κ1) is 18.7. The van der Waals surface area contributed by atoms with Crippen molar-refractivity contribution in [3.63, 3.8) is 0 Å². The van der Waals surface area contributed by atoms with E-state index in [0.717, 1.165) is 46.8 Å². The number of methoxy groups -OCH3 is 1. The van der Waals surface area contributed by atoms with Crippen LogP contribution in [-0.4, -0.2) is 41.9 Å². The standard InChI is InChI=1S/C22H23N3O2S/c1-24(12-18-13-28-14-23-18)10-15-4-7-21(27-3)20(8-15)16-5-6-19-17(9-16)11-25(2)22(19)26/h4-9,13-14H,10-12H2,1-3H3. The molecule has 1 aromatic heterocycles. The topological polar surface area (TPSA) is 45.7 Å². The number of hydrogen-bond acceptors (Lipinski definition) is 5. The van der Waals surface area contributed by atoms with Gasteiger partial charge in [-0.1, -0.05) is 12.1 Å². The number of nitrogens with zero attached hydrogens (tertiary/aromatic N) is 3. The van der Waals surface area contributed by atoms with Crippen molar-refractivity contribution in [2.75, 3.05) is 21.2 Å². The van der Waals surface area contributed by atoms with E-state index in [9.17, 15) is 4.79 Å². The quantitative estimate of drug-likeness (QED) is 0.634. The molecule has 4 rings (SSSR count). The van der Waals surface area contributed by atoms with E-state index >= 15 is 0 Å². The van der Waals surface area contributed by atoms with Crippen molar-refractivity contribution in [2.24, 2.45) is 0 Å². The van der Waals surface area contributed by atoms with Gasteiger partial charge in [0.05, 0.1) is 18.3 Å². The SMILES string of the molecule is COc1ccc(CN(C)Cc2cscn2)cc1-c1ccc2c(c1)CN(C)C2=O. The van der Waals surface area contributed by atoms with E-state index < -0.39 is 0 Å². The van der Waals surface area contributed by atoms with Crippen LogP contribution in [0.1, 0.15) is 27.2 Å². The van der Waals surface area contributed by atoms with Crippen molar-refractivity contribution < 1.29 is 9.53 Å². The van der Waals surface area contributed by atoms with Gasteiger partial charge in [-0.2, -0.15) is 0 Å². The first-order valence-electron chi connectivity index (χ1n) is 9.16. The van der Waals surface area contributed by atoms with Crippen LogP contribution in [0.3, 0.4) is 0 Å². The molecule has 144 valence electrons. The third-order valence-corrected chi connectivity index (χ3v) is 5.67. The predicted octanol–water partition coefficient (Wildman–Crippen LogP) is 4.04. The third-order valence-electron chi connectivity index (χ3n) is 5.03. The predicted molar refractivity (Wildman–Crippen MR) is 112 cm³/mol. The van der Waals surface area contributed by atoms with E-state index in [1.165, 1.54) is 5.56 Å². The molecule has 0 fully saturated rings. The summed E-state index contributed by atoms with van der Waals surface area (Å²) in [6.07, 6.45) is 0. The fraction of sp³-hybridized carbons (Fsp3) is 0.273. The molecule has 0 unspecified atom stereocenters. The third kappa shape index (κ3) is 3.66. The number of fused-ring (bicyclic) bond motifs is 1. The molecule has 28 heavy (non-hydrogen) atoms. The molecule has 0 spiro atoms. The minimum atomic E-state index is 0.0888. The van der Waals surface area contributed by atoms with Crippen molar-refractivity contribution in [3.8, 4) is 16.9 Å². The van der Waals surface area contributed by atoms with E-state index in [1.54, 1.807) is 23.3 Å². The Morgan fingerprint density at radius 3 is 2.79 bits per heavy atom. The molecule has 0 aliphatic carbocycles. The molecule has 6 heteroatoms. The number of amides is 1. The van der Waals surface area contributed by atoms with Gasteiger partial charge >= 0.3 is 0 Å². The minimum absolute atomic E-state index is 0.0888. The van der Waals surface area contributed by atoms with Crippen molar-refractivity contribution in [3.05, 3.63) is 69.7 Å². The summed E-state index contributed by atoms with van der Waals surface area (Å²) in [5, 5.41) is 2.08. The molecule has 2 aromatic carbocycles. The Hall–Kier alpha value is -2.70. The monoisotopic (exact) mass is 393 g/mol. The molecular weight excluding hydrogens is 370 g/mol. The van der Waals surface area contributed by atoms with Gasteiger partial charge in [0.1, 0.15) is 5.75 Å². The average molecular weight is 394 g/mol. The van der Waals surface area contributed by atoms with E-state index in [0.29, 0.717) is 6.54 Å². The zero-order chi connectivity index (χ0) is 19.7. The lowest BCUT2D eigenvalue weighted by atomic mass is 9.98. The summed E-state index contributed by atoms with van der Waals surface area (Å²) in [6, 6.07) is 12.3. The second kappa shape index (κ2) is 7.73. The Labute approximate surface area is 169 Å². The number of benzene rings is 2. The molecule has 0 N–H and O–H groups in total. The Morgan fingerprint density at radius 1 is 1.18 bits per heavy atom. The number of rotatable bonds is 6. The van der Waals surface area contributed by atoms with Gasteiger partial charge in [0.2, 0.25) is 0 Å². The molecular formula is C22H23N3O2S. The van der Waals surface area contributed by atoms with Crippen LogP contribution in [0.4, 0.5) is 0 Å². The first-order chi connectivity index (χ1) is 13.5. The van der Waals surface area contributed by atoms with Gasteiger partial charge in [0.15, 0.2) is 0 Å². The minimum Gasteiger partial charge on any atom is -0.496 e. The second-order valence-electron chi connectivity index (χ2n) is 7.22. The lowest BCUT2D eigenvalue weighted by Gasteiger charge is -2.17. The van der Waals surface area contributed by atoms with Crippen LogP contribution in [0.2, 0.25) is 0 Å². The van der Waals surface area contributed by atoms with Crippen LogP contribution >= 0.6 is 11.3 Å². The molecule has 3 aromatic rings. The summed E-state index contributed by atoms with van der Waals surface area (Å²) in [4.78, 5) is 20.5. The van der Waals surface area contributed by atoms with Crippen LogP contribution in [0.15, 0.2) is 47.3 Å². The normalized spacial score (nSPS) is 13.3. The van der Waals surface area contributed by atoms with Gasteiger partial charge < -0.3 is 9.64 Å². The highest BCUT2D eigenvalue weighted by Gasteiger charge is 2.24. The number of thiazole rings is 1. The highest BCUT2D eigenvalue weighted by atomic mass is 32.1. The average Bonchev–Trinajstić information content (AvgIpc) is 3.29. The van der Waals surface area contributed by atoms with Gasteiger partial charge in [-0.05, 0) is 48.0 Å². The molecule has 5 nitrogen and oxygen atoms in total. The van der Waals surface area contributed by atoms with Gasteiger partial charge in [0.25, 0.3) is 5.91 Å².